The highest BCUT2D eigenvalue weighted by atomic mass is 32.2. The zero-order valence-electron chi connectivity index (χ0n) is 20.3. The molecule has 0 spiro atoms. The van der Waals surface area contributed by atoms with Gasteiger partial charge in [-0.15, -0.1) is 23.5 Å². The largest absolute Gasteiger partial charge is 0.744 e. The number of aryl methyl sites for hydroxylation is 2. The summed E-state index contributed by atoms with van der Waals surface area (Å²) >= 11 is 5.48. The SMILES string of the molecule is CCOC=C(C)C=Cc1sc2cc(SC)c(SC)cc2[n+]1CC.Cc1ccc(S(=O)(=O)[O-])cc1. The summed E-state index contributed by atoms with van der Waals surface area (Å²) in [5.74, 6) is 0. The van der Waals surface area contributed by atoms with Crippen molar-refractivity contribution >= 4 is 61.3 Å². The minimum Gasteiger partial charge on any atom is -0.744 e. The van der Waals surface area contributed by atoms with Gasteiger partial charge in [0.1, 0.15) is 21.4 Å². The van der Waals surface area contributed by atoms with Crippen LogP contribution in [0.4, 0.5) is 0 Å². The van der Waals surface area contributed by atoms with Crippen LogP contribution in [0.1, 0.15) is 31.3 Å². The molecule has 0 aliphatic carbocycles. The fraction of sp³-hybridized carbons (Fsp3) is 0.320. The molecule has 2 aromatic carbocycles. The van der Waals surface area contributed by atoms with Gasteiger partial charge in [0.2, 0.25) is 5.52 Å². The first-order chi connectivity index (χ1) is 16.1. The van der Waals surface area contributed by atoms with Crippen molar-refractivity contribution in [2.24, 2.45) is 0 Å². The number of allylic oxidation sites excluding steroid dienone is 2. The average molecular weight is 538 g/mol. The Balaban J connectivity index is 0.000000310. The highest BCUT2D eigenvalue weighted by Gasteiger charge is 2.19. The van der Waals surface area contributed by atoms with E-state index >= 15 is 0 Å². The summed E-state index contributed by atoms with van der Waals surface area (Å²) in [4.78, 5) is 2.54. The van der Waals surface area contributed by atoms with Gasteiger partial charge in [-0.1, -0.05) is 29.0 Å². The topological polar surface area (TPSA) is 70.3 Å². The van der Waals surface area contributed by atoms with Gasteiger partial charge in [-0.25, -0.2) is 8.42 Å². The third-order valence-electron chi connectivity index (χ3n) is 4.79. The molecule has 9 heteroatoms. The Labute approximate surface area is 215 Å². The molecule has 0 fully saturated rings. The molecule has 3 aromatic rings. The Hall–Kier alpha value is -1.78. The third kappa shape index (κ3) is 7.88. The molecule has 1 heterocycles. The first kappa shape index (κ1) is 28.5. The number of thioether (sulfide) groups is 2. The van der Waals surface area contributed by atoms with Crippen molar-refractivity contribution < 1.29 is 22.3 Å². The minimum atomic E-state index is -4.27. The van der Waals surface area contributed by atoms with E-state index in [0.717, 1.165) is 17.7 Å². The van der Waals surface area contributed by atoms with Gasteiger partial charge in [-0.3, -0.25) is 0 Å². The van der Waals surface area contributed by atoms with Gasteiger partial charge in [-0.05, 0) is 70.1 Å². The monoisotopic (exact) mass is 537 g/mol. The number of rotatable bonds is 8. The molecule has 184 valence electrons. The van der Waals surface area contributed by atoms with Gasteiger partial charge in [0.15, 0.2) is 0 Å². The zero-order valence-corrected chi connectivity index (χ0v) is 23.6. The number of ether oxygens (including phenoxy) is 1. The Bertz CT molecular complexity index is 1260. The van der Waals surface area contributed by atoms with Crippen LogP contribution < -0.4 is 4.57 Å². The number of thiazole rings is 1. The molecular weight excluding hydrogens is 507 g/mol. The van der Waals surface area contributed by atoms with Crippen LogP contribution in [-0.2, 0) is 21.4 Å². The highest BCUT2D eigenvalue weighted by molar-refractivity contribution is 8.01. The Morgan fingerprint density at radius 3 is 2.26 bits per heavy atom. The summed E-state index contributed by atoms with van der Waals surface area (Å²) < 4.78 is 40.2. The maximum atomic E-state index is 10.4. The van der Waals surface area contributed by atoms with E-state index in [9.17, 15) is 13.0 Å². The zero-order chi connectivity index (χ0) is 25.3. The minimum absolute atomic E-state index is 0.178. The summed E-state index contributed by atoms with van der Waals surface area (Å²) in [7, 11) is -4.27. The number of nitrogens with zero attached hydrogens (tertiary/aromatic N) is 1. The molecule has 3 rings (SSSR count). The van der Waals surface area contributed by atoms with Gasteiger partial charge < -0.3 is 9.29 Å². The van der Waals surface area contributed by atoms with Crippen LogP contribution >= 0.6 is 34.9 Å². The molecule has 0 saturated carbocycles. The van der Waals surface area contributed by atoms with Crippen molar-refractivity contribution in [3.8, 4) is 0 Å². The molecule has 0 bridgehead atoms. The van der Waals surface area contributed by atoms with E-state index in [1.807, 2.05) is 55.0 Å². The second-order valence-electron chi connectivity index (χ2n) is 7.28. The third-order valence-corrected chi connectivity index (χ3v) is 8.43. The second kappa shape index (κ2) is 13.3. The quantitative estimate of drug-likeness (QED) is 0.107. The number of hydrogen-bond donors (Lipinski definition) is 0. The summed E-state index contributed by atoms with van der Waals surface area (Å²) in [6.45, 7) is 9.76. The summed E-state index contributed by atoms with van der Waals surface area (Å²) in [5.41, 5.74) is 3.38. The smallest absolute Gasteiger partial charge is 0.262 e. The predicted molar refractivity (Wildman–Crippen MR) is 145 cm³/mol. The van der Waals surface area contributed by atoms with Crippen molar-refractivity contribution in [2.75, 3.05) is 19.1 Å². The van der Waals surface area contributed by atoms with Gasteiger partial charge in [0, 0.05) is 21.9 Å². The lowest BCUT2D eigenvalue weighted by Crippen LogP contribution is -2.33. The molecule has 0 N–H and O–H groups in total. The predicted octanol–water partition coefficient (Wildman–Crippen LogP) is 6.51. The van der Waals surface area contributed by atoms with Crippen LogP contribution in [0, 0.1) is 6.92 Å². The number of hydrogen-bond acceptors (Lipinski definition) is 7. The van der Waals surface area contributed by atoms with E-state index in [1.165, 1.54) is 37.1 Å². The molecule has 0 unspecified atom stereocenters. The van der Waals surface area contributed by atoms with E-state index in [4.69, 9.17) is 4.74 Å². The van der Waals surface area contributed by atoms with Crippen LogP contribution in [0.15, 0.2) is 69.0 Å². The van der Waals surface area contributed by atoms with E-state index in [2.05, 4.69) is 55.2 Å². The first-order valence-electron chi connectivity index (χ1n) is 10.7. The van der Waals surface area contributed by atoms with Gasteiger partial charge in [0.25, 0.3) is 5.01 Å². The van der Waals surface area contributed by atoms with Gasteiger partial charge in [-0.2, -0.15) is 4.57 Å². The molecule has 0 aliphatic rings. The van der Waals surface area contributed by atoms with Crippen molar-refractivity contribution in [2.45, 2.75) is 48.9 Å². The maximum Gasteiger partial charge on any atom is 0.262 e. The number of aromatic nitrogens is 1. The molecular formula is C25H31NO4S4. The van der Waals surface area contributed by atoms with E-state index in [-0.39, 0.29) is 4.90 Å². The Morgan fingerprint density at radius 2 is 1.74 bits per heavy atom. The molecule has 34 heavy (non-hydrogen) atoms. The van der Waals surface area contributed by atoms with Crippen LogP contribution in [-0.4, -0.2) is 32.1 Å². The van der Waals surface area contributed by atoms with E-state index < -0.39 is 10.1 Å². The molecule has 0 saturated heterocycles. The van der Waals surface area contributed by atoms with Crippen molar-refractivity contribution in [3.05, 3.63) is 64.9 Å². The van der Waals surface area contributed by atoms with Crippen molar-refractivity contribution in [3.63, 3.8) is 0 Å². The second-order valence-corrected chi connectivity index (χ2v) is 11.4. The maximum absolute atomic E-state index is 10.4. The van der Waals surface area contributed by atoms with Crippen LogP contribution in [0.25, 0.3) is 16.3 Å². The fourth-order valence-electron chi connectivity index (χ4n) is 3.04. The number of fused-ring (bicyclic) bond motifs is 1. The molecule has 0 amide bonds. The van der Waals surface area contributed by atoms with Crippen molar-refractivity contribution in [1.29, 1.82) is 0 Å². The number of benzene rings is 2. The van der Waals surface area contributed by atoms with Gasteiger partial charge in [0.05, 0.1) is 17.8 Å². The summed E-state index contributed by atoms with van der Waals surface area (Å²) in [5, 5.41) is 1.28. The highest BCUT2D eigenvalue weighted by Crippen LogP contribution is 2.34. The van der Waals surface area contributed by atoms with E-state index in [1.54, 1.807) is 12.1 Å². The fourth-order valence-corrected chi connectivity index (χ4v) is 6.22. The molecule has 1 aromatic heterocycles. The van der Waals surface area contributed by atoms with E-state index in [0.29, 0.717) is 6.61 Å². The van der Waals surface area contributed by atoms with Crippen LogP contribution in [0.5, 0.6) is 0 Å². The Morgan fingerprint density at radius 1 is 1.12 bits per heavy atom. The molecule has 5 nitrogen and oxygen atoms in total. The lowest BCUT2D eigenvalue weighted by atomic mass is 10.2. The molecule has 0 aliphatic heterocycles. The molecule has 0 radical (unpaired) electrons. The van der Waals surface area contributed by atoms with Crippen LogP contribution in [0.2, 0.25) is 0 Å². The van der Waals surface area contributed by atoms with Crippen LogP contribution in [0.3, 0.4) is 0 Å². The summed E-state index contributed by atoms with van der Waals surface area (Å²) in [6, 6.07) is 10.4. The standard InChI is InChI=1S/C18H24NOS3.C7H8O3S/c1-6-19-14-10-16(21-4)17(22-5)11-15(14)23-18(19)9-8-13(3)12-20-7-2;1-6-2-4-7(5-3-6)11(8,9)10/h8-12H,6-7H2,1-5H3;2-5H,1H3,(H,8,9,10)/q+1;/p-1. The lowest BCUT2D eigenvalue weighted by molar-refractivity contribution is -0.665. The molecule has 0 atom stereocenters. The van der Waals surface area contributed by atoms with Gasteiger partial charge >= 0.3 is 0 Å². The lowest BCUT2D eigenvalue weighted by Gasteiger charge is -2.05. The Kier molecular flexibility index (Phi) is 11.2. The van der Waals surface area contributed by atoms with Crippen molar-refractivity contribution in [1.82, 2.24) is 0 Å². The average Bonchev–Trinajstić information content (AvgIpc) is 3.16. The summed E-state index contributed by atoms with van der Waals surface area (Å²) in [6.07, 6.45) is 10.4. The first-order valence-corrected chi connectivity index (χ1v) is 15.4. The normalized spacial score (nSPS) is 12.1.